The van der Waals surface area contributed by atoms with E-state index in [1.54, 1.807) is 11.3 Å². The second-order valence-electron chi connectivity index (χ2n) is 6.36. The molecule has 7 heteroatoms. The van der Waals surface area contributed by atoms with E-state index < -0.39 is 0 Å². The quantitative estimate of drug-likeness (QED) is 0.666. The van der Waals surface area contributed by atoms with Crippen LogP contribution < -0.4 is 5.32 Å². The molecule has 2 aromatic rings. The first-order chi connectivity index (χ1) is 11.6. The fraction of sp³-hybridized carbons (Fsp3) is 0.588. The van der Waals surface area contributed by atoms with Crippen molar-refractivity contribution < 1.29 is 0 Å². The Morgan fingerprint density at radius 2 is 2.33 bits per heavy atom. The Morgan fingerprint density at radius 3 is 3.00 bits per heavy atom. The van der Waals surface area contributed by atoms with E-state index >= 15 is 0 Å². The molecule has 1 atom stereocenters. The lowest BCUT2D eigenvalue weighted by atomic mass is 10.0. The molecule has 130 valence electrons. The van der Waals surface area contributed by atoms with Gasteiger partial charge in [0.2, 0.25) is 0 Å². The van der Waals surface area contributed by atoms with Gasteiger partial charge in [-0.1, -0.05) is 0 Å². The van der Waals surface area contributed by atoms with Crippen LogP contribution in [0.1, 0.15) is 28.8 Å². The average molecular weight is 347 g/mol. The molecule has 1 fully saturated rings. The molecule has 1 aliphatic heterocycles. The van der Waals surface area contributed by atoms with Gasteiger partial charge < -0.3 is 10.2 Å². The first-order valence-corrected chi connectivity index (χ1v) is 9.37. The highest BCUT2D eigenvalue weighted by Crippen LogP contribution is 2.21. The number of nitrogens with zero attached hydrogens (tertiary/aromatic N) is 5. The normalized spacial score (nSPS) is 18.4. The van der Waals surface area contributed by atoms with Crippen LogP contribution in [-0.4, -0.2) is 45.3 Å². The maximum absolute atomic E-state index is 4.79. The molecule has 6 nitrogen and oxygen atoms in total. The van der Waals surface area contributed by atoms with E-state index in [4.69, 9.17) is 4.99 Å². The van der Waals surface area contributed by atoms with Crippen molar-refractivity contribution in [1.82, 2.24) is 25.0 Å². The van der Waals surface area contributed by atoms with Gasteiger partial charge in [0.05, 0.1) is 12.7 Å². The summed E-state index contributed by atoms with van der Waals surface area (Å²) in [7, 11) is 1.97. The molecule has 1 unspecified atom stereocenters. The smallest absolute Gasteiger partial charge is 0.194 e. The Kier molecular flexibility index (Phi) is 5.50. The molecule has 0 aliphatic carbocycles. The maximum Gasteiger partial charge on any atom is 0.194 e. The first kappa shape index (κ1) is 17.0. The molecule has 1 N–H and O–H groups in total. The van der Waals surface area contributed by atoms with Gasteiger partial charge in [-0.25, -0.2) is 9.98 Å². The Bertz CT molecular complexity index is 689. The van der Waals surface area contributed by atoms with Gasteiger partial charge in [0.15, 0.2) is 5.96 Å². The van der Waals surface area contributed by atoms with Gasteiger partial charge >= 0.3 is 0 Å². The lowest BCUT2D eigenvalue weighted by Crippen LogP contribution is -2.40. The van der Waals surface area contributed by atoms with Crippen molar-refractivity contribution in [3.05, 3.63) is 34.0 Å². The Labute approximate surface area is 147 Å². The summed E-state index contributed by atoms with van der Waals surface area (Å²) < 4.78 is 1.88. The van der Waals surface area contributed by atoms with Gasteiger partial charge in [0, 0.05) is 44.0 Å². The molecule has 1 saturated heterocycles. The van der Waals surface area contributed by atoms with Crippen LogP contribution in [0.3, 0.4) is 0 Å². The largest absolute Gasteiger partial charge is 0.357 e. The summed E-state index contributed by atoms with van der Waals surface area (Å²) in [4.78, 5) is 12.8. The summed E-state index contributed by atoms with van der Waals surface area (Å²) >= 11 is 1.72. The second-order valence-corrected chi connectivity index (χ2v) is 7.68. The topological polar surface area (TPSA) is 58.3 Å². The number of rotatable bonds is 5. The van der Waals surface area contributed by atoms with Crippen molar-refractivity contribution in [1.29, 1.82) is 0 Å². The highest BCUT2D eigenvalue weighted by Gasteiger charge is 2.25. The maximum atomic E-state index is 4.79. The van der Waals surface area contributed by atoms with Gasteiger partial charge in [0.1, 0.15) is 5.01 Å². The molecule has 0 amide bonds. The molecule has 0 aromatic carbocycles. The highest BCUT2D eigenvalue weighted by atomic mass is 32.1. The number of likely N-dealkylation sites (tertiary alicyclic amines) is 1. The molecular formula is C17H26N6S. The third-order valence-electron chi connectivity index (χ3n) is 4.24. The molecule has 2 aromatic heterocycles. The summed E-state index contributed by atoms with van der Waals surface area (Å²) in [6.45, 7) is 7.86. The third-order valence-corrected chi connectivity index (χ3v) is 5.13. The molecule has 0 saturated carbocycles. The number of guanidine groups is 1. The fourth-order valence-electron chi connectivity index (χ4n) is 3.15. The van der Waals surface area contributed by atoms with Gasteiger partial charge in [-0.2, -0.15) is 5.10 Å². The van der Waals surface area contributed by atoms with Crippen LogP contribution in [0.4, 0.5) is 0 Å². The van der Waals surface area contributed by atoms with E-state index in [1.807, 2.05) is 24.1 Å². The SMILES string of the molecule is CCNC(=NCc1ncc(C)s1)N1CCC(Cc2cnn(C)c2)C1. The molecule has 3 rings (SSSR count). The highest BCUT2D eigenvalue weighted by molar-refractivity contribution is 7.11. The van der Waals surface area contributed by atoms with Crippen molar-refractivity contribution in [3.8, 4) is 0 Å². The fourth-order valence-corrected chi connectivity index (χ4v) is 3.86. The minimum atomic E-state index is 0.657. The Hall–Kier alpha value is -1.89. The van der Waals surface area contributed by atoms with Gasteiger partial charge in [0.25, 0.3) is 0 Å². The van der Waals surface area contributed by atoms with E-state index in [9.17, 15) is 0 Å². The van der Waals surface area contributed by atoms with Crippen LogP contribution in [0.5, 0.6) is 0 Å². The predicted molar refractivity (Wildman–Crippen MR) is 98.3 cm³/mol. The minimum Gasteiger partial charge on any atom is -0.357 e. The van der Waals surface area contributed by atoms with Crippen LogP contribution in [-0.2, 0) is 20.0 Å². The zero-order valence-corrected chi connectivity index (χ0v) is 15.5. The van der Waals surface area contributed by atoms with Crippen molar-refractivity contribution in [2.75, 3.05) is 19.6 Å². The summed E-state index contributed by atoms with van der Waals surface area (Å²) in [5.41, 5.74) is 1.32. The van der Waals surface area contributed by atoms with E-state index in [1.165, 1.54) is 16.9 Å². The molecule has 3 heterocycles. The number of hydrogen-bond acceptors (Lipinski definition) is 4. The number of aliphatic imine (C=N–C) groups is 1. The number of nitrogens with one attached hydrogen (secondary N) is 1. The van der Waals surface area contributed by atoms with E-state index in [0.717, 1.165) is 37.0 Å². The zero-order valence-electron chi connectivity index (χ0n) is 14.7. The third kappa shape index (κ3) is 4.35. The summed E-state index contributed by atoms with van der Waals surface area (Å²) in [6, 6.07) is 0. The van der Waals surface area contributed by atoms with Crippen molar-refractivity contribution in [2.24, 2.45) is 18.0 Å². The second kappa shape index (κ2) is 7.79. The van der Waals surface area contributed by atoms with Crippen molar-refractivity contribution in [2.45, 2.75) is 33.2 Å². The lowest BCUT2D eigenvalue weighted by molar-refractivity contribution is 0.460. The van der Waals surface area contributed by atoms with Gasteiger partial charge in [-0.05, 0) is 38.2 Å². The lowest BCUT2D eigenvalue weighted by Gasteiger charge is -2.21. The standard InChI is InChI=1S/C17H26N6S/c1-4-18-17(20-10-16-19-8-13(2)24-16)23-6-5-14(12-23)7-15-9-21-22(3)11-15/h8-9,11,14H,4-7,10,12H2,1-3H3,(H,18,20). The van der Waals surface area contributed by atoms with Crippen LogP contribution in [0, 0.1) is 12.8 Å². The Morgan fingerprint density at radius 1 is 1.46 bits per heavy atom. The molecular weight excluding hydrogens is 320 g/mol. The zero-order chi connectivity index (χ0) is 16.9. The number of hydrogen-bond donors (Lipinski definition) is 1. The van der Waals surface area contributed by atoms with Gasteiger partial charge in [-0.3, -0.25) is 4.68 Å². The van der Waals surface area contributed by atoms with Crippen molar-refractivity contribution >= 4 is 17.3 Å². The summed E-state index contributed by atoms with van der Waals surface area (Å²) in [6.07, 6.45) is 8.31. The van der Waals surface area contributed by atoms with Crippen LogP contribution >= 0.6 is 11.3 Å². The van der Waals surface area contributed by atoms with Crippen LogP contribution in [0.15, 0.2) is 23.6 Å². The number of aryl methyl sites for hydroxylation is 2. The summed E-state index contributed by atoms with van der Waals surface area (Å²) in [5, 5.41) is 8.77. The first-order valence-electron chi connectivity index (χ1n) is 8.56. The Balaban J connectivity index is 1.59. The molecule has 1 aliphatic rings. The summed E-state index contributed by atoms with van der Waals surface area (Å²) in [5.74, 6) is 1.68. The van der Waals surface area contributed by atoms with Crippen molar-refractivity contribution in [3.63, 3.8) is 0 Å². The average Bonchev–Trinajstić information content (AvgIpc) is 3.27. The molecule has 24 heavy (non-hydrogen) atoms. The molecule has 0 spiro atoms. The number of aromatic nitrogens is 3. The van der Waals surface area contributed by atoms with E-state index in [2.05, 4.69) is 40.3 Å². The molecule has 0 bridgehead atoms. The van der Waals surface area contributed by atoms with Crippen LogP contribution in [0.2, 0.25) is 0 Å². The predicted octanol–water partition coefficient (Wildman–Crippen LogP) is 2.22. The molecule has 0 radical (unpaired) electrons. The van der Waals surface area contributed by atoms with E-state index in [0.29, 0.717) is 12.5 Å². The van der Waals surface area contributed by atoms with Gasteiger partial charge in [-0.15, -0.1) is 11.3 Å². The van der Waals surface area contributed by atoms with Crippen LogP contribution in [0.25, 0.3) is 0 Å². The number of thiazole rings is 1. The minimum absolute atomic E-state index is 0.657. The van der Waals surface area contributed by atoms with E-state index in [-0.39, 0.29) is 0 Å². The monoisotopic (exact) mass is 346 g/mol.